The number of nitrogens with one attached hydrogen (secondary N) is 1. The first kappa shape index (κ1) is 20.4. The molecule has 1 fully saturated rings. The Morgan fingerprint density at radius 2 is 1.65 bits per heavy atom. The van der Waals surface area contributed by atoms with Gasteiger partial charge in [0.25, 0.3) is 5.91 Å². The summed E-state index contributed by atoms with van der Waals surface area (Å²) in [4.78, 5) is 15.0. The smallest absolute Gasteiger partial charge is 0.255 e. The van der Waals surface area contributed by atoms with Crippen LogP contribution < -0.4 is 19.5 Å². The molecule has 1 amide bonds. The van der Waals surface area contributed by atoms with E-state index in [0.717, 1.165) is 13.0 Å². The molecule has 1 aromatic carbocycles. The number of hydrogen-bond acceptors (Lipinski definition) is 5. The molecule has 0 heterocycles. The summed E-state index contributed by atoms with van der Waals surface area (Å²) in [5.41, 5.74) is 0.450. The van der Waals surface area contributed by atoms with Crippen LogP contribution in [0, 0.1) is 0 Å². The molecule has 1 saturated carbocycles. The Morgan fingerprint density at radius 3 is 2.27 bits per heavy atom. The van der Waals surface area contributed by atoms with Crippen LogP contribution in [-0.4, -0.2) is 58.3 Å². The summed E-state index contributed by atoms with van der Waals surface area (Å²) in [5, 5.41) is 2.98. The number of carbonyl (C=O) groups is 1. The van der Waals surface area contributed by atoms with E-state index in [9.17, 15) is 4.79 Å². The van der Waals surface area contributed by atoms with Crippen molar-refractivity contribution >= 4 is 5.91 Å². The first-order chi connectivity index (χ1) is 12.6. The first-order valence-corrected chi connectivity index (χ1v) is 9.39. The normalized spacial score (nSPS) is 15.0. The van der Waals surface area contributed by atoms with Crippen molar-refractivity contribution in [2.45, 2.75) is 44.6 Å². The molecular weight excluding hydrogens is 332 g/mol. The number of rotatable bonds is 9. The molecule has 2 rings (SSSR count). The Balaban J connectivity index is 1.87. The molecule has 0 aromatic heterocycles. The molecule has 1 aromatic rings. The van der Waals surface area contributed by atoms with Gasteiger partial charge in [0.2, 0.25) is 0 Å². The molecule has 0 unspecified atom stereocenters. The van der Waals surface area contributed by atoms with Crippen LogP contribution in [0.1, 0.15) is 48.9 Å². The highest BCUT2D eigenvalue weighted by atomic mass is 16.5. The number of methoxy groups -OCH3 is 3. The second-order valence-electron chi connectivity index (χ2n) is 6.79. The van der Waals surface area contributed by atoms with Crippen LogP contribution in [0.2, 0.25) is 0 Å². The molecule has 0 atom stereocenters. The second-order valence-corrected chi connectivity index (χ2v) is 6.79. The van der Waals surface area contributed by atoms with Gasteiger partial charge >= 0.3 is 0 Å². The van der Waals surface area contributed by atoms with Crippen molar-refractivity contribution in [1.82, 2.24) is 10.2 Å². The van der Waals surface area contributed by atoms with Crippen molar-refractivity contribution in [3.05, 3.63) is 17.7 Å². The zero-order chi connectivity index (χ0) is 18.9. The molecule has 1 aliphatic rings. The van der Waals surface area contributed by atoms with Crippen LogP contribution in [0.4, 0.5) is 0 Å². The standard InChI is InChI=1S/C20H32N2O4/c1-22(15-9-6-5-7-10-15)12-8-11-21-20(23)16-13-18(25-3)19(26-4)14-17(16)24-2/h13-15H,5-12H2,1-4H3,(H,21,23). The van der Waals surface area contributed by atoms with Gasteiger partial charge < -0.3 is 24.4 Å². The fraction of sp³-hybridized carbons (Fsp3) is 0.650. The van der Waals surface area contributed by atoms with Gasteiger partial charge in [-0.05, 0) is 32.9 Å². The van der Waals surface area contributed by atoms with Crippen molar-refractivity contribution in [1.29, 1.82) is 0 Å². The van der Waals surface area contributed by atoms with Gasteiger partial charge in [-0.2, -0.15) is 0 Å². The van der Waals surface area contributed by atoms with E-state index in [1.54, 1.807) is 26.4 Å². The molecule has 0 radical (unpaired) electrons. The lowest BCUT2D eigenvalue weighted by Crippen LogP contribution is -2.35. The molecule has 0 spiro atoms. The molecular formula is C20H32N2O4. The zero-order valence-electron chi connectivity index (χ0n) is 16.5. The van der Waals surface area contributed by atoms with E-state index in [1.165, 1.54) is 39.2 Å². The van der Waals surface area contributed by atoms with E-state index < -0.39 is 0 Å². The number of amides is 1. The highest BCUT2D eigenvalue weighted by Gasteiger charge is 2.19. The van der Waals surface area contributed by atoms with Gasteiger partial charge in [0.15, 0.2) is 11.5 Å². The highest BCUT2D eigenvalue weighted by molar-refractivity contribution is 5.97. The summed E-state index contributed by atoms with van der Waals surface area (Å²) in [7, 11) is 6.83. The molecule has 26 heavy (non-hydrogen) atoms. The number of hydrogen-bond donors (Lipinski definition) is 1. The van der Waals surface area contributed by atoms with Gasteiger partial charge in [-0.15, -0.1) is 0 Å². The predicted molar refractivity (Wildman–Crippen MR) is 103 cm³/mol. The van der Waals surface area contributed by atoms with E-state index in [1.807, 2.05) is 0 Å². The third-order valence-electron chi connectivity index (χ3n) is 5.12. The topological polar surface area (TPSA) is 60.0 Å². The van der Waals surface area contributed by atoms with E-state index in [0.29, 0.717) is 35.4 Å². The molecule has 6 heteroatoms. The fourth-order valence-corrected chi connectivity index (χ4v) is 3.54. The summed E-state index contributed by atoms with van der Waals surface area (Å²) in [6.45, 7) is 1.63. The quantitative estimate of drug-likeness (QED) is 0.682. The summed E-state index contributed by atoms with van der Waals surface area (Å²) in [5.74, 6) is 1.35. The van der Waals surface area contributed by atoms with Crippen molar-refractivity contribution in [2.75, 3.05) is 41.5 Å². The maximum absolute atomic E-state index is 12.5. The minimum Gasteiger partial charge on any atom is -0.496 e. The van der Waals surface area contributed by atoms with Gasteiger partial charge in [-0.1, -0.05) is 19.3 Å². The van der Waals surface area contributed by atoms with Crippen LogP contribution in [0.25, 0.3) is 0 Å². The van der Waals surface area contributed by atoms with Crippen LogP contribution in [0.15, 0.2) is 12.1 Å². The van der Waals surface area contributed by atoms with Gasteiger partial charge in [-0.3, -0.25) is 4.79 Å². The molecule has 0 aliphatic heterocycles. The van der Waals surface area contributed by atoms with Crippen molar-refractivity contribution in [2.24, 2.45) is 0 Å². The SMILES string of the molecule is COc1cc(OC)c(C(=O)NCCCN(C)C2CCCCC2)cc1OC. The maximum atomic E-state index is 12.5. The van der Waals surface area contributed by atoms with Gasteiger partial charge in [0.05, 0.1) is 26.9 Å². The van der Waals surface area contributed by atoms with Crippen LogP contribution >= 0.6 is 0 Å². The number of carbonyl (C=O) groups excluding carboxylic acids is 1. The lowest BCUT2D eigenvalue weighted by Gasteiger charge is -2.31. The molecule has 0 bridgehead atoms. The number of ether oxygens (including phenoxy) is 3. The number of nitrogens with zero attached hydrogens (tertiary/aromatic N) is 1. The molecule has 0 saturated heterocycles. The van der Waals surface area contributed by atoms with E-state index in [2.05, 4.69) is 17.3 Å². The van der Waals surface area contributed by atoms with Gasteiger partial charge in [0, 0.05) is 24.7 Å². The summed E-state index contributed by atoms with van der Waals surface area (Å²) < 4.78 is 15.9. The maximum Gasteiger partial charge on any atom is 0.255 e. The number of benzene rings is 1. The van der Waals surface area contributed by atoms with Gasteiger partial charge in [-0.25, -0.2) is 0 Å². The Labute approximate surface area is 156 Å². The predicted octanol–water partition coefficient (Wildman–Crippen LogP) is 3.10. The van der Waals surface area contributed by atoms with E-state index in [4.69, 9.17) is 14.2 Å². The second kappa shape index (κ2) is 10.3. The Hall–Kier alpha value is -1.95. The average molecular weight is 364 g/mol. The van der Waals surface area contributed by atoms with Gasteiger partial charge in [0.1, 0.15) is 5.75 Å². The van der Waals surface area contributed by atoms with Crippen molar-refractivity contribution in [3.8, 4) is 17.2 Å². The zero-order valence-corrected chi connectivity index (χ0v) is 16.5. The lowest BCUT2D eigenvalue weighted by atomic mass is 9.94. The Bertz CT molecular complexity index is 585. The third kappa shape index (κ3) is 5.27. The highest BCUT2D eigenvalue weighted by Crippen LogP contribution is 2.34. The van der Waals surface area contributed by atoms with E-state index >= 15 is 0 Å². The Kier molecular flexibility index (Phi) is 8.04. The summed E-state index contributed by atoms with van der Waals surface area (Å²) in [6, 6.07) is 4.02. The minimum atomic E-state index is -0.164. The monoisotopic (exact) mass is 364 g/mol. The lowest BCUT2D eigenvalue weighted by molar-refractivity contribution is 0.0947. The van der Waals surface area contributed by atoms with Crippen molar-refractivity contribution in [3.63, 3.8) is 0 Å². The van der Waals surface area contributed by atoms with E-state index in [-0.39, 0.29) is 5.91 Å². The molecule has 146 valence electrons. The average Bonchev–Trinajstić information content (AvgIpc) is 2.70. The van der Waals surface area contributed by atoms with Crippen molar-refractivity contribution < 1.29 is 19.0 Å². The van der Waals surface area contributed by atoms with Crippen LogP contribution in [0.5, 0.6) is 17.2 Å². The van der Waals surface area contributed by atoms with Crippen LogP contribution in [-0.2, 0) is 0 Å². The molecule has 1 N–H and O–H groups in total. The first-order valence-electron chi connectivity index (χ1n) is 9.39. The fourth-order valence-electron chi connectivity index (χ4n) is 3.54. The Morgan fingerprint density at radius 1 is 1.04 bits per heavy atom. The largest absolute Gasteiger partial charge is 0.496 e. The molecule has 6 nitrogen and oxygen atoms in total. The molecule has 1 aliphatic carbocycles. The summed E-state index contributed by atoms with van der Waals surface area (Å²) in [6.07, 6.45) is 7.56. The third-order valence-corrected chi connectivity index (χ3v) is 5.12. The van der Waals surface area contributed by atoms with Crippen LogP contribution in [0.3, 0.4) is 0 Å². The summed E-state index contributed by atoms with van der Waals surface area (Å²) >= 11 is 0. The minimum absolute atomic E-state index is 0.164.